The molecule has 0 fully saturated rings. The number of ether oxygens (including phenoxy) is 1. The molecule has 0 unspecified atom stereocenters. The minimum absolute atomic E-state index is 0.0380. The molecule has 0 atom stereocenters. The van der Waals surface area contributed by atoms with Gasteiger partial charge in [-0.05, 0) is 17.5 Å². The van der Waals surface area contributed by atoms with Crippen molar-refractivity contribution < 1.29 is 22.3 Å². The summed E-state index contributed by atoms with van der Waals surface area (Å²) >= 11 is 0.618. The molecule has 23 heavy (non-hydrogen) atoms. The van der Waals surface area contributed by atoms with Crippen molar-refractivity contribution in [3.8, 4) is 11.1 Å². The van der Waals surface area contributed by atoms with E-state index < -0.39 is 16.9 Å². The fourth-order valence-corrected chi connectivity index (χ4v) is 3.24. The number of hydrogen-bond acceptors (Lipinski definition) is 3. The predicted molar refractivity (Wildman–Crippen MR) is 79.9 cm³/mol. The van der Waals surface area contributed by atoms with Gasteiger partial charge < -0.3 is 9.30 Å². The number of nitrogens with zero attached hydrogens (tertiary/aromatic N) is 2. The molecule has 0 bridgehead atoms. The maximum atomic E-state index is 13.5. The third-order valence-corrected chi connectivity index (χ3v) is 4.39. The second kappa shape index (κ2) is 5.93. The maximum Gasteiger partial charge on any atom is 0.426 e. The highest BCUT2D eigenvalue weighted by Gasteiger charge is 2.36. The summed E-state index contributed by atoms with van der Waals surface area (Å²) in [4.78, 5) is 3.31. The van der Waals surface area contributed by atoms with Gasteiger partial charge in [-0.15, -0.1) is 11.3 Å². The molecule has 0 amide bonds. The lowest BCUT2D eigenvalue weighted by Gasteiger charge is -2.06. The van der Waals surface area contributed by atoms with Gasteiger partial charge in [0.15, 0.2) is 0 Å². The van der Waals surface area contributed by atoms with E-state index in [1.165, 1.54) is 24.6 Å². The lowest BCUT2D eigenvalue weighted by atomic mass is 10.1. The maximum absolute atomic E-state index is 13.5. The van der Waals surface area contributed by atoms with Gasteiger partial charge in [0.1, 0.15) is 16.3 Å². The van der Waals surface area contributed by atoms with E-state index in [1.807, 2.05) is 0 Å². The van der Waals surface area contributed by atoms with E-state index in [0.717, 1.165) is 6.20 Å². The Morgan fingerprint density at radius 2 is 2.09 bits per heavy atom. The van der Waals surface area contributed by atoms with Crippen molar-refractivity contribution in [2.24, 2.45) is 0 Å². The zero-order valence-electron chi connectivity index (χ0n) is 12.0. The van der Waals surface area contributed by atoms with Gasteiger partial charge >= 0.3 is 6.18 Å². The summed E-state index contributed by atoms with van der Waals surface area (Å²) in [5.74, 6) is -0.591. The summed E-state index contributed by atoms with van der Waals surface area (Å²) in [5, 5.41) is 1.73. The second-order valence-corrected chi connectivity index (χ2v) is 5.83. The second-order valence-electron chi connectivity index (χ2n) is 4.91. The standard InChI is InChI=1S/C15H12F4N2OS/c1-22-4-3-21-8-12(11-6-9(16)7-20-14(11)21)10-2-5-23-13(10)15(17,18)19/h2,5-8H,3-4H2,1H3. The van der Waals surface area contributed by atoms with Gasteiger partial charge in [-0.1, -0.05) is 0 Å². The minimum atomic E-state index is -4.45. The van der Waals surface area contributed by atoms with E-state index in [1.54, 1.807) is 10.8 Å². The van der Waals surface area contributed by atoms with Crippen LogP contribution < -0.4 is 0 Å². The van der Waals surface area contributed by atoms with Gasteiger partial charge in [-0.3, -0.25) is 0 Å². The molecule has 3 aromatic heterocycles. The molecule has 0 aromatic carbocycles. The summed E-state index contributed by atoms with van der Waals surface area (Å²) in [7, 11) is 1.53. The van der Waals surface area contributed by atoms with Crippen LogP contribution in [-0.2, 0) is 17.5 Å². The Morgan fingerprint density at radius 1 is 1.30 bits per heavy atom. The highest BCUT2D eigenvalue weighted by molar-refractivity contribution is 7.10. The lowest BCUT2D eigenvalue weighted by molar-refractivity contribution is -0.133. The SMILES string of the molecule is COCCn1cc(-c2ccsc2C(F)(F)F)c2cc(F)cnc21. The van der Waals surface area contributed by atoms with E-state index in [9.17, 15) is 17.6 Å². The minimum Gasteiger partial charge on any atom is -0.383 e. The Balaban J connectivity index is 2.21. The topological polar surface area (TPSA) is 27.1 Å². The zero-order valence-corrected chi connectivity index (χ0v) is 12.8. The number of pyridine rings is 1. The molecule has 0 saturated heterocycles. The number of aromatic nitrogens is 2. The van der Waals surface area contributed by atoms with Crippen LogP contribution in [0.2, 0.25) is 0 Å². The van der Waals surface area contributed by atoms with Crippen LogP contribution in [0.5, 0.6) is 0 Å². The van der Waals surface area contributed by atoms with Crippen LogP contribution in [-0.4, -0.2) is 23.3 Å². The first-order chi connectivity index (χ1) is 10.9. The summed E-state index contributed by atoms with van der Waals surface area (Å²) in [6.07, 6.45) is -1.84. The number of fused-ring (bicyclic) bond motifs is 1. The average molecular weight is 344 g/mol. The summed E-state index contributed by atoms with van der Waals surface area (Å²) in [6.45, 7) is 0.787. The number of rotatable bonds is 4. The Labute approximate surface area is 133 Å². The third kappa shape index (κ3) is 2.96. The van der Waals surface area contributed by atoms with Gasteiger partial charge in [0, 0.05) is 36.4 Å². The monoisotopic (exact) mass is 344 g/mol. The van der Waals surface area contributed by atoms with E-state index in [4.69, 9.17) is 4.74 Å². The van der Waals surface area contributed by atoms with Crippen LogP contribution in [0.4, 0.5) is 17.6 Å². The fraction of sp³-hybridized carbons (Fsp3) is 0.267. The molecule has 3 rings (SSSR count). The first-order valence-electron chi connectivity index (χ1n) is 6.70. The van der Waals surface area contributed by atoms with Crippen LogP contribution >= 0.6 is 11.3 Å². The molecule has 0 aliphatic carbocycles. The van der Waals surface area contributed by atoms with Crippen molar-refractivity contribution in [1.29, 1.82) is 0 Å². The molecular weight excluding hydrogens is 332 g/mol. The van der Waals surface area contributed by atoms with E-state index in [-0.39, 0.29) is 5.56 Å². The Morgan fingerprint density at radius 3 is 2.78 bits per heavy atom. The lowest BCUT2D eigenvalue weighted by Crippen LogP contribution is -2.04. The van der Waals surface area contributed by atoms with Crippen molar-refractivity contribution in [1.82, 2.24) is 9.55 Å². The highest BCUT2D eigenvalue weighted by Crippen LogP contribution is 2.43. The smallest absolute Gasteiger partial charge is 0.383 e. The quantitative estimate of drug-likeness (QED) is 0.648. The molecule has 0 N–H and O–H groups in total. The zero-order chi connectivity index (χ0) is 16.6. The number of methoxy groups -OCH3 is 1. The Kier molecular flexibility index (Phi) is 4.11. The van der Waals surface area contributed by atoms with Crippen molar-refractivity contribution in [3.63, 3.8) is 0 Å². The molecule has 0 radical (unpaired) electrons. The number of halogens is 4. The number of hydrogen-bond donors (Lipinski definition) is 0. The molecule has 0 spiro atoms. The number of thiophene rings is 1. The first-order valence-corrected chi connectivity index (χ1v) is 7.58. The predicted octanol–water partition coefficient (Wildman–Crippen LogP) is 4.57. The van der Waals surface area contributed by atoms with Crippen molar-refractivity contribution in [2.45, 2.75) is 12.7 Å². The number of alkyl halides is 3. The fourth-order valence-electron chi connectivity index (χ4n) is 2.46. The summed E-state index contributed by atoms with van der Waals surface area (Å²) in [5.41, 5.74) is 0.783. The molecule has 8 heteroatoms. The van der Waals surface area contributed by atoms with Crippen molar-refractivity contribution in [2.75, 3.05) is 13.7 Å². The largest absolute Gasteiger partial charge is 0.426 e. The molecule has 3 heterocycles. The van der Waals surface area contributed by atoms with Gasteiger partial charge in [0.25, 0.3) is 0 Å². The summed E-state index contributed by atoms with van der Waals surface area (Å²) in [6, 6.07) is 2.60. The van der Waals surface area contributed by atoms with E-state index in [0.29, 0.717) is 41.1 Å². The van der Waals surface area contributed by atoms with Gasteiger partial charge in [-0.25, -0.2) is 9.37 Å². The van der Waals surface area contributed by atoms with E-state index >= 15 is 0 Å². The van der Waals surface area contributed by atoms with Gasteiger partial charge in [0.05, 0.1) is 12.8 Å². The molecule has 3 aromatic rings. The molecule has 0 aliphatic heterocycles. The Hall–Kier alpha value is -1.93. The normalized spacial score (nSPS) is 12.2. The van der Waals surface area contributed by atoms with Crippen LogP contribution in [0.15, 0.2) is 29.9 Å². The average Bonchev–Trinajstić information content (AvgIpc) is 3.08. The van der Waals surface area contributed by atoms with Crippen LogP contribution in [0.3, 0.4) is 0 Å². The van der Waals surface area contributed by atoms with Crippen molar-refractivity contribution >= 4 is 22.4 Å². The highest BCUT2D eigenvalue weighted by atomic mass is 32.1. The molecule has 0 aliphatic rings. The van der Waals surface area contributed by atoms with Gasteiger partial charge in [0.2, 0.25) is 0 Å². The molecule has 3 nitrogen and oxygen atoms in total. The van der Waals surface area contributed by atoms with Crippen LogP contribution in [0.25, 0.3) is 22.2 Å². The molecule has 122 valence electrons. The van der Waals surface area contributed by atoms with Gasteiger partial charge in [-0.2, -0.15) is 13.2 Å². The third-order valence-electron chi connectivity index (χ3n) is 3.43. The van der Waals surface area contributed by atoms with Crippen molar-refractivity contribution in [3.05, 3.63) is 40.6 Å². The summed E-state index contributed by atoms with van der Waals surface area (Å²) < 4.78 is 59.7. The molecule has 0 saturated carbocycles. The van der Waals surface area contributed by atoms with E-state index in [2.05, 4.69) is 4.98 Å². The van der Waals surface area contributed by atoms with Crippen LogP contribution in [0, 0.1) is 5.82 Å². The van der Waals surface area contributed by atoms with Crippen LogP contribution in [0.1, 0.15) is 4.88 Å². The Bertz CT molecular complexity index is 838. The molecular formula is C15H12F4N2OS. The first kappa shape index (κ1) is 15.9.